The van der Waals surface area contributed by atoms with E-state index in [0.29, 0.717) is 32.8 Å². The molecule has 8 heteroatoms. The molecule has 0 aliphatic rings. The lowest BCUT2D eigenvalue weighted by Crippen LogP contribution is -2.11. The van der Waals surface area contributed by atoms with Gasteiger partial charge in [-0.1, -0.05) is 13.2 Å². The molecule has 0 unspecified atom stereocenters. The number of hydrogen-bond acceptors (Lipinski definition) is 8. The van der Waals surface area contributed by atoms with Gasteiger partial charge in [-0.05, 0) is 25.7 Å². The van der Waals surface area contributed by atoms with Crippen LogP contribution in [0.1, 0.15) is 32.1 Å². The number of carbonyl (C=O) groups is 2. The minimum Gasteiger partial charge on any atom is -0.476 e. The van der Waals surface area contributed by atoms with Gasteiger partial charge in [-0.3, -0.25) is 4.79 Å². The van der Waals surface area contributed by atoms with Crippen LogP contribution in [0.5, 0.6) is 0 Å². The smallest absolute Gasteiger partial charge is 0.330 e. The lowest BCUT2D eigenvalue weighted by molar-refractivity contribution is -0.146. The maximum absolute atomic E-state index is 11.5. The third-order valence-corrected chi connectivity index (χ3v) is 2.93. The van der Waals surface area contributed by atoms with Gasteiger partial charge in [-0.25, -0.2) is 4.79 Å². The van der Waals surface area contributed by atoms with Crippen LogP contribution in [0, 0.1) is 0 Å². The Kier molecular flexibility index (Phi) is 18.0. The second-order valence-corrected chi connectivity index (χ2v) is 5.05. The summed E-state index contributed by atoms with van der Waals surface area (Å²) in [5.41, 5.74) is 0. The Morgan fingerprint density at radius 2 is 1.31 bits per heavy atom. The standard InChI is InChI=1S/C18H30O8/c1-3-17(19)25-12-7-5-11-23-16-24-14-9-18(20)26-13-8-6-10-22-15-21-4-2/h3-4H,1-2,5-16H2. The number of esters is 2. The normalized spacial score (nSPS) is 10.2. The van der Waals surface area contributed by atoms with Crippen molar-refractivity contribution in [1.29, 1.82) is 0 Å². The summed E-state index contributed by atoms with van der Waals surface area (Å²) in [6, 6.07) is 0. The summed E-state index contributed by atoms with van der Waals surface area (Å²) in [5, 5.41) is 0. The first-order chi connectivity index (χ1) is 12.7. The SMILES string of the molecule is C=COCOCCCCOC(=O)CCOCOCCCCOC(=O)C=C. The molecule has 0 aromatic carbocycles. The van der Waals surface area contributed by atoms with E-state index < -0.39 is 5.97 Å². The number of rotatable bonds is 19. The van der Waals surface area contributed by atoms with E-state index in [1.54, 1.807) is 0 Å². The number of unbranched alkanes of at least 4 members (excludes halogenated alkanes) is 2. The van der Waals surface area contributed by atoms with Gasteiger partial charge in [0, 0.05) is 12.7 Å². The Labute approximate surface area is 155 Å². The van der Waals surface area contributed by atoms with Crippen LogP contribution >= 0.6 is 0 Å². The highest BCUT2D eigenvalue weighted by molar-refractivity contribution is 5.81. The highest BCUT2D eigenvalue weighted by Crippen LogP contribution is 1.96. The summed E-state index contributed by atoms with van der Waals surface area (Å²) in [4.78, 5) is 22.2. The van der Waals surface area contributed by atoms with Crippen LogP contribution in [-0.4, -0.2) is 58.6 Å². The van der Waals surface area contributed by atoms with E-state index in [1.807, 2.05) is 0 Å². The molecule has 0 bridgehead atoms. The topological polar surface area (TPSA) is 89.5 Å². The van der Waals surface area contributed by atoms with E-state index in [0.717, 1.165) is 25.3 Å². The number of carbonyl (C=O) groups excluding carboxylic acids is 2. The van der Waals surface area contributed by atoms with Crippen LogP contribution in [0.25, 0.3) is 0 Å². The molecule has 150 valence electrons. The summed E-state index contributed by atoms with van der Waals surface area (Å²) in [6.07, 6.45) is 5.60. The van der Waals surface area contributed by atoms with Crippen molar-refractivity contribution in [2.75, 3.05) is 46.6 Å². The molecule has 26 heavy (non-hydrogen) atoms. The van der Waals surface area contributed by atoms with Crippen LogP contribution in [-0.2, 0) is 38.0 Å². The summed E-state index contributed by atoms with van der Waals surface area (Å²) in [5.74, 6) is -0.725. The predicted octanol–water partition coefficient (Wildman–Crippen LogP) is 2.33. The van der Waals surface area contributed by atoms with E-state index in [-0.39, 0.29) is 32.6 Å². The fourth-order valence-corrected chi connectivity index (χ4v) is 1.59. The monoisotopic (exact) mass is 374 g/mol. The molecular formula is C18H30O8. The zero-order chi connectivity index (χ0) is 19.3. The molecule has 0 saturated carbocycles. The second-order valence-electron chi connectivity index (χ2n) is 5.05. The van der Waals surface area contributed by atoms with E-state index in [9.17, 15) is 9.59 Å². The molecule has 0 heterocycles. The lowest BCUT2D eigenvalue weighted by Gasteiger charge is -2.07. The molecule has 0 radical (unpaired) electrons. The molecule has 0 aromatic rings. The minimum atomic E-state index is -0.424. The van der Waals surface area contributed by atoms with Crippen molar-refractivity contribution in [1.82, 2.24) is 0 Å². The van der Waals surface area contributed by atoms with Crippen LogP contribution in [0.3, 0.4) is 0 Å². The van der Waals surface area contributed by atoms with Gasteiger partial charge in [0.1, 0.15) is 6.79 Å². The van der Waals surface area contributed by atoms with E-state index >= 15 is 0 Å². The summed E-state index contributed by atoms with van der Waals surface area (Å²) in [6.45, 7) is 8.99. The van der Waals surface area contributed by atoms with Crippen LogP contribution in [0.15, 0.2) is 25.5 Å². The molecule has 0 rings (SSSR count). The van der Waals surface area contributed by atoms with E-state index in [1.165, 1.54) is 6.26 Å². The van der Waals surface area contributed by atoms with Crippen molar-refractivity contribution in [2.45, 2.75) is 32.1 Å². The Balaban J connectivity index is 3.20. The lowest BCUT2D eigenvalue weighted by atomic mass is 10.3. The third-order valence-electron chi connectivity index (χ3n) is 2.93. The molecule has 0 aliphatic heterocycles. The molecular weight excluding hydrogens is 344 g/mol. The number of ether oxygens (including phenoxy) is 6. The Bertz CT molecular complexity index is 383. The van der Waals surface area contributed by atoms with Crippen molar-refractivity contribution < 1.29 is 38.0 Å². The first-order valence-electron chi connectivity index (χ1n) is 8.61. The molecule has 0 spiro atoms. The molecule has 0 atom stereocenters. The number of hydrogen-bond donors (Lipinski definition) is 0. The summed E-state index contributed by atoms with van der Waals surface area (Å²) in [7, 11) is 0. The molecule has 0 N–H and O–H groups in total. The Morgan fingerprint density at radius 1 is 0.731 bits per heavy atom. The molecule has 0 aliphatic carbocycles. The summed E-state index contributed by atoms with van der Waals surface area (Å²) < 4.78 is 30.2. The fraction of sp³-hybridized carbons (Fsp3) is 0.667. The molecule has 8 nitrogen and oxygen atoms in total. The van der Waals surface area contributed by atoms with E-state index in [2.05, 4.69) is 13.2 Å². The van der Waals surface area contributed by atoms with Crippen molar-refractivity contribution in [3.8, 4) is 0 Å². The first-order valence-corrected chi connectivity index (χ1v) is 8.61. The molecule has 0 fully saturated rings. The first kappa shape index (κ1) is 24.1. The Hall–Kier alpha value is -1.90. The van der Waals surface area contributed by atoms with Crippen molar-refractivity contribution >= 4 is 11.9 Å². The second kappa shape index (κ2) is 19.4. The van der Waals surface area contributed by atoms with Gasteiger partial charge >= 0.3 is 11.9 Å². The highest BCUT2D eigenvalue weighted by Gasteiger charge is 2.02. The summed E-state index contributed by atoms with van der Waals surface area (Å²) >= 11 is 0. The predicted molar refractivity (Wildman–Crippen MR) is 94.1 cm³/mol. The Morgan fingerprint density at radius 3 is 1.96 bits per heavy atom. The van der Waals surface area contributed by atoms with Gasteiger partial charge in [0.15, 0.2) is 6.79 Å². The zero-order valence-electron chi connectivity index (χ0n) is 15.3. The van der Waals surface area contributed by atoms with Gasteiger partial charge in [-0.15, -0.1) is 0 Å². The third kappa shape index (κ3) is 18.4. The maximum atomic E-state index is 11.5. The average molecular weight is 374 g/mol. The average Bonchev–Trinajstić information content (AvgIpc) is 2.65. The van der Waals surface area contributed by atoms with Crippen LogP contribution in [0.2, 0.25) is 0 Å². The highest BCUT2D eigenvalue weighted by atomic mass is 16.7. The van der Waals surface area contributed by atoms with Gasteiger partial charge < -0.3 is 28.4 Å². The fourth-order valence-electron chi connectivity index (χ4n) is 1.59. The quantitative estimate of drug-likeness (QED) is 0.112. The van der Waals surface area contributed by atoms with Crippen molar-refractivity contribution in [2.24, 2.45) is 0 Å². The zero-order valence-corrected chi connectivity index (χ0v) is 15.3. The van der Waals surface area contributed by atoms with Crippen LogP contribution < -0.4 is 0 Å². The van der Waals surface area contributed by atoms with Gasteiger partial charge in [0.05, 0.1) is 39.1 Å². The van der Waals surface area contributed by atoms with Crippen molar-refractivity contribution in [3.05, 3.63) is 25.5 Å². The van der Waals surface area contributed by atoms with Gasteiger partial charge in [-0.2, -0.15) is 0 Å². The minimum absolute atomic E-state index is 0.115. The molecule has 0 aromatic heterocycles. The molecule has 0 saturated heterocycles. The maximum Gasteiger partial charge on any atom is 0.330 e. The van der Waals surface area contributed by atoms with E-state index in [4.69, 9.17) is 28.4 Å². The van der Waals surface area contributed by atoms with Gasteiger partial charge in [0.25, 0.3) is 0 Å². The van der Waals surface area contributed by atoms with Gasteiger partial charge in [0.2, 0.25) is 0 Å². The van der Waals surface area contributed by atoms with Crippen molar-refractivity contribution in [3.63, 3.8) is 0 Å². The largest absolute Gasteiger partial charge is 0.476 e. The molecule has 0 amide bonds. The van der Waals surface area contributed by atoms with Crippen LogP contribution in [0.4, 0.5) is 0 Å².